The van der Waals surface area contributed by atoms with Crippen LogP contribution in [0.4, 0.5) is 0 Å². The van der Waals surface area contributed by atoms with Crippen LogP contribution in [0.2, 0.25) is 0 Å². The summed E-state index contributed by atoms with van der Waals surface area (Å²) in [6.45, 7) is 4.92. The molecule has 1 N–H and O–H groups in total. The van der Waals surface area contributed by atoms with Crippen molar-refractivity contribution in [2.45, 2.75) is 38.3 Å². The Morgan fingerprint density at radius 1 is 1.14 bits per heavy atom. The number of nitrogens with one attached hydrogen (secondary N) is 1. The molecular weight excluding hydrogens is 366 g/mol. The Hall–Kier alpha value is -2.31. The first kappa shape index (κ1) is 21.4. The number of furan rings is 1. The Morgan fingerprint density at radius 3 is 2.69 bits per heavy atom. The van der Waals surface area contributed by atoms with Crippen LogP contribution >= 0.6 is 0 Å². The van der Waals surface area contributed by atoms with Crippen LogP contribution in [0.15, 0.2) is 58.1 Å². The average molecular weight is 400 g/mol. The van der Waals surface area contributed by atoms with E-state index in [1.165, 1.54) is 5.56 Å². The molecule has 0 unspecified atom stereocenters. The highest BCUT2D eigenvalue weighted by atomic mass is 16.5. The van der Waals surface area contributed by atoms with Crippen molar-refractivity contribution in [3.05, 3.63) is 60.1 Å². The van der Waals surface area contributed by atoms with Crippen LogP contribution in [0.25, 0.3) is 0 Å². The molecule has 2 heterocycles. The molecule has 0 aliphatic carbocycles. The normalized spacial score (nSPS) is 15.6. The van der Waals surface area contributed by atoms with E-state index in [1.54, 1.807) is 13.4 Å². The number of guanidine groups is 1. The lowest BCUT2D eigenvalue weighted by Crippen LogP contribution is -2.47. The van der Waals surface area contributed by atoms with Gasteiger partial charge in [0.15, 0.2) is 5.96 Å². The first-order valence-electron chi connectivity index (χ1n) is 10.6. The zero-order valence-corrected chi connectivity index (χ0v) is 17.4. The minimum atomic E-state index is 0.335. The number of ether oxygens (including phenoxy) is 2. The standard InChI is InChI=1S/C23H33N3O3/c1-27-16-6-18-29-22-11-14-26(15-12-22)23(24-13-10-21-9-5-17-28-21)25-19-20-7-3-2-4-8-20/h2-5,7-9,17,22H,6,10-16,18-19H2,1H3,(H,24,25). The first-order chi connectivity index (χ1) is 14.3. The van der Waals surface area contributed by atoms with Gasteiger partial charge < -0.3 is 24.1 Å². The highest BCUT2D eigenvalue weighted by Gasteiger charge is 2.22. The fourth-order valence-electron chi connectivity index (χ4n) is 3.46. The number of likely N-dealkylation sites (tertiary alicyclic amines) is 1. The van der Waals surface area contributed by atoms with E-state index in [0.717, 1.165) is 70.3 Å². The maximum absolute atomic E-state index is 5.99. The summed E-state index contributed by atoms with van der Waals surface area (Å²) in [6.07, 6.45) is 5.90. The van der Waals surface area contributed by atoms with E-state index in [2.05, 4.69) is 34.5 Å². The molecular formula is C23H33N3O3. The van der Waals surface area contributed by atoms with Gasteiger partial charge in [-0.1, -0.05) is 30.3 Å². The number of hydrogen-bond acceptors (Lipinski definition) is 4. The Bertz CT molecular complexity index is 695. The summed E-state index contributed by atoms with van der Waals surface area (Å²) in [5.41, 5.74) is 1.22. The Morgan fingerprint density at radius 2 is 1.97 bits per heavy atom. The number of methoxy groups -OCH3 is 1. The fourth-order valence-corrected chi connectivity index (χ4v) is 3.46. The first-order valence-corrected chi connectivity index (χ1v) is 10.6. The van der Waals surface area contributed by atoms with Crippen LogP contribution < -0.4 is 5.32 Å². The van der Waals surface area contributed by atoms with Gasteiger partial charge in [-0.05, 0) is 37.0 Å². The molecule has 29 heavy (non-hydrogen) atoms. The van der Waals surface area contributed by atoms with Crippen molar-refractivity contribution in [3.8, 4) is 0 Å². The van der Waals surface area contributed by atoms with Crippen LogP contribution in [0.3, 0.4) is 0 Å². The molecule has 6 nitrogen and oxygen atoms in total. The lowest BCUT2D eigenvalue weighted by atomic mass is 10.1. The zero-order valence-electron chi connectivity index (χ0n) is 17.4. The zero-order chi connectivity index (χ0) is 20.2. The number of aliphatic imine (C=N–C) groups is 1. The third-order valence-corrected chi connectivity index (χ3v) is 5.08. The molecule has 0 bridgehead atoms. The molecule has 0 atom stereocenters. The van der Waals surface area contributed by atoms with Crippen LogP contribution in [-0.2, 0) is 22.4 Å². The maximum Gasteiger partial charge on any atom is 0.194 e. The van der Waals surface area contributed by atoms with Crippen molar-refractivity contribution in [2.24, 2.45) is 4.99 Å². The van der Waals surface area contributed by atoms with Crippen LogP contribution in [0.1, 0.15) is 30.6 Å². The second-order valence-corrected chi connectivity index (χ2v) is 7.29. The van der Waals surface area contributed by atoms with Gasteiger partial charge in [-0.25, -0.2) is 4.99 Å². The largest absolute Gasteiger partial charge is 0.469 e. The Labute approximate surface area is 173 Å². The second-order valence-electron chi connectivity index (χ2n) is 7.29. The van der Waals surface area contributed by atoms with E-state index < -0.39 is 0 Å². The van der Waals surface area contributed by atoms with Gasteiger partial charge in [0, 0.05) is 46.4 Å². The number of rotatable bonds is 10. The molecule has 1 saturated heterocycles. The van der Waals surface area contributed by atoms with Crippen molar-refractivity contribution in [3.63, 3.8) is 0 Å². The summed E-state index contributed by atoms with van der Waals surface area (Å²) in [5.74, 6) is 1.96. The molecule has 1 aliphatic heterocycles. The number of nitrogens with zero attached hydrogens (tertiary/aromatic N) is 2. The van der Waals surface area contributed by atoms with Gasteiger partial charge in [0.25, 0.3) is 0 Å². The van der Waals surface area contributed by atoms with E-state index in [4.69, 9.17) is 18.9 Å². The SMILES string of the molecule is COCCCOC1CCN(C(=NCc2ccccc2)NCCc2ccco2)CC1. The monoisotopic (exact) mass is 399 g/mol. The lowest BCUT2D eigenvalue weighted by molar-refractivity contribution is 0.00989. The molecule has 0 amide bonds. The minimum Gasteiger partial charge on any atom is -0.469 e. The van der Waals surface area contributed by atoms with Crippen LogP contribution in [-0.4, -0.2) is 56.9 Å². The number of hydrogen-bond donors (Lipinski definition) is 1. The Kier molecular flexibility index (Phi) is 9.07. The highest BCUT2D eigenvalue weighted by Crippen LogP contribution is 2.15. The Balaban J connectivity index is 1.51. The van der Waals surface area contributed by atoms with E-state index in [0.29, 0.717) is 12.6 Å². The minimum absolute atomic E-state index is 0.335. The molecule has 0 spiro atoms. The van der Waals surface area contributed by atoms with Gasteiger partial charge >= 0.3 is 0 Å². The van der Waals surface area contributed by atoms with Gasteiger partial charge in [-0.2, -0.15) is 0 Å². The molecule has 1 fully saturated rings. The predicted molar refractivity (Wildman–Crippen MR) is 115 cm³/mol. The molecule has 158 valence electrons. The van der Waals surface area contributed by atoms with Gasteiger partial charge in [-0.3, -0.25) is 0 Å². The number of benzene rings is 1. The van der Waals surface area contributed by atoms with Crippen molar-refractivity contribution in [1.82, 2.24) is 10.2 Å². The van der Waals surface area contributed by atoms with Crippen molar-refractivity contribution >= 4 is 5.96 Å². The van der Waals surface area contributed by atoms with Crippen molar-refractivity contribution in [1.29, 1.82) is 0 Å². The molecule has 1 aromatic heterocycles. The van der Waals surface area contributed by atoms with E-state index >= 15 is 0 Å². The smallest absolute Gasteiger partial charge is 0.194 e. The molecule has 3 rings (SSSR count). The summed E-state index contributed by atoms with van der Waals surface area (Å²) in [5, 5.41) is 3.53. The molecule has 1 aliphatic rings. The van der Waals surface area contributed by atoms with E-state index in [1.807, 2.05) is 18.2 Å². The third kappa shape index (κ3) is 7.55. The fraction of sp³-hybridized carbons (Fsp3) is 0.522. The van der Waals surface area contributed by atoms with Gasteiger partial charge in [-0.15, -0.1) is 0 Å². The van der Waals surface area contributed by atoms with E-state index in [-0.39, 0.29) is 0 Å². The van der Waals surface area contributed by atoms with Gasteiger partial charge in [0.05, 0.1) is 18.9 Å². The molecule has 0 saturated carbocycles. The summed E-state index contributed by atoms with van der Waals surface area (Å²) in [6, 6.07) is 14.3. The van der Waals surface area contributed by atoms with Crippen molar-refractivity contribution < 1.29 is 13.9 Å². The van der Waals surface area contributed by atoms with Crippen LogP contribution in [0, 0.1) is 0 Å². The number of piperidine rings is 1. The highest BCUT2D eigenvalue weighted by molar-refractivity contribution is 5.80. The van der Waals surface area contributed by atoms with Gasteiger partial charge in [0.2, 0.25) is 0 Å². The molecule has 2 aromatic rings. The molecule has 0 radical (unpaired) electrons. The van der Waals surface area contributed by atoms with Gasteiger partial charge in [0.1, 0.15) is 5.76 Å². The summed E-state index contributed by atoms with van der Waals surface area (Å²) in [4.78, 5) is 7.24. The maximum atomic E-state index is 5.99. The van der Waals surface area contributed by atoms with Crippen molar-refractivity contribution in [2.75, 3.05) is 40.0 Å². The quantitative estimate of drug-likeness (QED) is 0.377. The summed E-state index contributed by atoms with van der Waals surface area (Å²) < 4.78 is 16.5. The second kappa shape index (κ2) is 12.3. The molecule has 6 heteroatoms. The third-order valence-electron chi connectivity index (χ3n) is 5.08. The summed E-state index contributed by atoms with van der Waals surface area (Å²) >= 11 is 0. The topological polar surface area (TPSA) is 59.2 Å². The average Bonchev–Trinajstić information content (AvgIpc) is 3.28. The molecule has 1 aromatic carbocycles. The predicted octanol–water partition coefficient (Wildman–Crippen LogP) is 3.49. The summed E-state index contributed by atoms with van der Waals surface area (Å²) in [7, 11) is 1.73. The lowest BCUT2D eigenvalue weighted by Gasteiger charge is -2.34. The van der Waals surface area contributed by atoms with Crippen LogP contribution in [0.5, 0.6) is 0 Å². The van der Waals surface area contributed by atoms with E-state index in [9.17, 15) is 0 Å².